The van der Waals surface area contributed by atoms with Crippen LogP contribution in [0, 0.1) is 0 Å². The van der Waals surface area contributed by atoms with Crippen LogP contribution in [0.3, 0.4) is 0 Å². The van der Waals surface area contributed by atoms with Crippen LogP contribution in [0.4, 0.5) is 0 Å². The van der Waals surface area contributed by atoms with E-state index in [2.05, 4.69) is 18.4 Å². The van der Waals surface area contributed by atoms with E-state index in [9.17, 15) is 0 Å². The summed E-state index contributed by atoms with van der Waals surface area (Å²) in [6.07, 6.45) is 10.7. The molecule has 1 aromatic heterocycles. The van der Waals surface area contributed by atoms with Crippen LogP contribution in [0.25, 0.3) is 0 Å². The van der Waals surface area contributed by atoms with Crippen LogP contribution < -0.4 is 5.32 Å². The smallest absolute Gasteiger partial charge is 0.103 e. The minimum absolute atomic E-state index is 0.535. The highest BCUT2D eigenvalue weighted by Gasteiger charge is 2.15. The fourth-order valence-electron chi connectivity index (χ4n) is 2.67. The number of aryl methyl sites for hydroxylation is 1. The van der Waals surface area contributed by atoms with Gasteiger partial charge in [-0.15, -0.1) is 0 Å². The molecule has 0 saturated carbocycles. The highest BCUT2D eigenvalue weighted by molar-refractivity contribution is 4.98. The first-order valence-electron chi connectivity index (χ1n) is 7.19. The molecule has 0 aliphatic carbocycles. The molecule has 1 fully saturated rings. The maximum Gasteiger partial charge on any atom is 0.103 e. The summed E-state index contributed by atoms with van der Waals surface area (Å²) in [7, 11) is 2.05. The highest BCUT2D eigenvalue weighted by atomic mass is 16.5. The number of rotatable bonds is 8. The summed E-state index contributed by atoms with van der Waals surface area (Å²) in [5.74, 6) is 1.09. The lowest BCUT2D eigenvalue weighted by atomic mass is 10.0. The fraction of sp³-hybridized carbons (Fsp3) is 0.733. The Hall–Kier alpha value is -0.800. The van der Waals surface area contributed by atoms with E-state index in [-0.39, 0.29) is 0 Å². The number of furan rings is 1. The number of hydrogen-bond donors (Lipinski definition) is 1. The van der Waals surface area contributed by atoms with Crippen molar-refractivity contribution < 1.29 is 9.15 Å². The molecule has 1 aliphatic rings. The lowest BCUT2D eigenvalue weighted by Crippen LogP contribution is -2.26. The van der Waals surface area contributed by atoms with Gasteiger partial charge < -0.3 is 14.5 Å². The summed E-state index contributed by atoms with van der Waals surface area (Å²) in [4.78, 5) is 0. The predicted molar refractivity (Wildman–Crippen MR) is 72.7 cm³/mol. The monoisotopic (exact) mass is 251 g/mol. The molecule has 3 heteroatoms. The van der Waals surface area contributed by atoms with Crippen LogP contribution in [-0.4, -0.2) is 25.8 Å². The fourth-order valence-corrected chi connectivity index (χ4v) is 2.67. The molecule has 0 radical (unpaired) electrons. The molecule has 1 aromatic rings. The van der Waals surface area contributed by atoms with Gasteiger partial charge in [-0.05, 0) is 57.7 Å². The molecule has 0 amide bonds. The molecule has 0 aromatic carbocycles. The van der Waals surface area contributed by atoms with Crippen molar-refractivity contribution in [2.45, 2.75) is 57.1 Å². The van der Waals surface area contributed by atoms with E-state index < -0.39 is 0 Å². The number of ether oxygens (including phenoxy) is 1. The van der Waals surface area contributed by atoms with Crippen molar-refractivity contribution in [1.29, 1.82) is 0 Å². The van der Waals surface area contributed by atoms with Gasteiger partial charge in [0.2, 0.25) is 0 Å². The van der Waals surface area contributed by atoms with Crippen LogP contribution >= 0.6 is 0 Å². The first-order chi connectivity index (χ1) is 8.88. The van der Waals surface area contributed by atoms with Crippen LogP contribution in [0.1, 0.15) is 44.3 Å². The largest absolute Gasteiger partial charge is 0.469 e. The zero-order valence-electron chi connectivity index (χ0n) is 11.4. The van der Waals surface area contributed by atoms with Crippen LogP contribution in [0.5, 0.6) is 0 Å². The van der Waals surface area contributed by atoms with Crippen LogP contribution in [0.2, 0.25) is 0 Å². The van der Waals surface area contributed by atoms with Crippen molar-refractivity contribution in [1.82, 2.24) is 5.32 Å². The summed E-state index contributed by atoms with van der Waals surface area (Å²) in [6.45, 7) is 0.971. The second kappa shape index (κ2) is 7.59. The van der Waals surface area contributed by atoms with Crippen molar-refractivity contribution in [3.05, 3.63) is 24.2 Å². The Balaban J connectivity index is 1.59. The van der Waals surface area contributed by atoms with E-state index >= 15 is 0 Å². The summed E-state index contributed by atoms with van der Waals surface area (Å²) >= 11 is 0. The first-order valence-corrected chi connectivity index (χ1v) is 7.19. The van der Waals surface area contributed by atoms with Crippen molar-refractivity contribution in [2.24, 2.45) is 0 Å². The second-order valence-electron chi connectivity index (χ2n) is 5.17. The van der Waals surface area contributed by atoms with Gasteiger partial charge in [-0.2, -0.15) is 0 Å². The average molecular weight is 251 g/mol. The summed E-state index contributed by atoms with van der Waals surface area (Å²) in [5, 5.41) is 3.41. The van der Waals surface area contributed by atoms with E-state index in [1.807, 2.05) is 6.07 Å². The van der Waals surface area contributed by atoms with E-state index in [4.69, 9.17) is 9.15 Å². The molecular formula is C15H25NO2. The molecule has 18 heavy (non-hydrogen) atoms. The highest BCUT2D eigenvalue weighted by Crippen LogP contribution is 2.19. The molecular weight excluding hydrogens is 226 g/mol. The average Bonchev–Trinajstić information content (AvgIpc) is 3.06. The predicted octanol–water partition coefficient (Wildman–Crippen LogP) is 3.15. The summed E-state index contributed by atoms with van der Waals surface area (Å²) in [6, 6.07) is 4.61. The molecule has 2 rings (SSSR count). The van der Waals surface area contributed by atoms with Gasteiger partial charge in [0.15, 0.2) is 0 Å². The van der Waals surface area contributed by atoms with Gasteiger partial charge in [0.05, 0.1) is 12.4 Å². The molecule has 2 atom stereocenters. The lowest BCUT2D eigenvalue weighted by molar-refractivity contribution is 0.101. The molecule has 0 bridgehead atoms. The van der Waals surface area contributed by atoms with E-state index in [1.165, 1.54) is 32.1 Å². The normalized spacial score (nSPS) is 21.3. The summed E-state index contributed by atoms with van der Waals surface area (Å²) in [5.41, 5.74) is 0. The number of nitrogens with one attached hydrogen (secondary N) is 1. The molecule has 0 spiro atoms. The molecule has 3 nitrogen and oxygen atoms in total. The maximum atomic E-state index is 5.65. The van der Waals surface area contributed by atoms with Gasteiger partial charge in [-0.25, -0.2) is 0 Å². The van der Waals surface area contributed by atoms with Gasteiger partial charge in [-0.1, -0.05) is 0 Å². The SMILES string of the molecule is CNC(CCCC1CCCO1)CCc1ccco1. The van der Waals surface area contributed by atoms with E-state index in [0.717, 1.165) is 25.2 Å². The Morgan fingerprint density at radius 1 is 1.44 bits per heavy atom. The van der Waals surface area contributed by atoms with E-state index in [1.54, 1.807) is 6.26 Å². The molecule has 2 unspecified atom stereocenters. The zero-order chi connectivity index (χ0) is 12.6. The Bertz CT molecular complexity index is 304. The van der Waals surface area contributed by atoms with Gasteiger partial charge in [0.25, 0.3) is 0 Å². The molecule has 1 saturated heterocycles. The van der Waals surface area contributed by atoms with Gasteiger partial charge >= 0.3 is 0 Å². The van der Waals surface area contributed by atoms with Crippen molar-refractivity contribution in [3.63, 3.8) is 0 Å². The van der Waals surface area contributed by atoms with Crippen LogP contribution in [0.15, 0.2) is 22.8 Å². The third-order valence-electron chi connectivity index (χ3n) is 3.83. The standard InChI is InChI=1S/C15H25NO2/c1-16-13(9-10-15-8-4-12-18-15)5-2-6-14-7-3-11-17-14/h4,8,12-14,16H,2-3,5-7,9-11H2,1H3. The second-order valence-corrected chi connectivity index (χ2v) is 5.17. The molecule has 102 valence electrons. The van der Waals surface area contributed by atoms with Crippen LogP contribution in [-0.2, 0) is 11.2 Å². The Kier molecular flexibility index (Phi) is 5.75. The molecule has 1 aliphatic heterocycles. The Morgan fingerprint density at radius 3 is 3.06 bits per heavy atom. The minimum atomic E-state index is 0.535. The Morgan fingerprint density at radius 2 is 2.39 bits per heavy atom. The van der Waals surface area contributed by atoms with E-state index in [0.29, 0.717) is 12.1 Å². The summed E-state index contributed by atoms with van der Waals surface area (Å²) < 4.78 is 11.0. The van der Waals surface area contributed by atoms with Crippen molar-refractivity contribution in [3.8, 4) is 0 Å². The zero-order valence-corrected chi connectivity index (χ0v) is 11.4. The topological polar surface area (TPSA) is 34.4 Å². The van der Waals surface area contributed by atoms with Gasteiger partial charge in [-0.3, -0.25) is 0 Å². The first kappa shape index (κ1) is 13.6. The van der Waals surface area contributed by atoms with Gasteiger partial charge in [0.1, 0.15) is 5.76 Å². The Labute approximate surface area is 110 Å². The quantitative estimate of drug-likeness (QED) is 0.770. The van der Waals surface area contributed by atoms with Crippen molar-refractivity contribution >= 4 is 0 Å². The molecule has 1 N–H and O–H groups in total. The van der Waals surface area contributed by atoms with Gasteiger partial charge in [0, 0.05) is 19.1 Å². The third kappa shape index (κ3) is 4.46. The minimum Gasteiger partial charge on any atom is -0.469 e. The lowest BCUT2D eigenvalue weighted by Gasteiger charge is -2.16. The molecule has 2 heterocycles. The third-order valence-corrected chi connectivity index (χ3v) is 3.83. The maximum absolute atomic E-state index is 5.65. The van der Waals surface area contributed by atoms with Crippen molar-refractivity contribution in [2.75, 3.05) is 13.7 Å². The number of hydrogen-bond acceptors (Lipinski definition) is 3.